The highest BCUT2D eigenvalue weighted by Crippen LogP contribution is 2.25. The molecule has 2 unspecified atom stereocenters. The van der Waals surface area contributed by atoms with Crippen molar-refractivity contribution in [2.75, 3.05) is 32.9 Å². The highest BCUT2D eigenvalue weighted by molar-refractivity contribution is 5.85. The number of carbonyl (C=O) groups is 1. The molecule has 2 saturated heterocycles. The van der Waals surface area contributed by atoms with Crippen LogP contribution in [0.3, 0.4) is 0 Å². The number of amides is 1. The third-order valence-electron chi connectivity index (χ3n) is 4.66. The van der Waals surface area contributed by atoms with Crippen LogP contribution < -0.4 is 5.73 Å². The van der Waals surface area contributed by atoms with Crippen LogP contribution >= 0.6 is 12.4 Å². The zero-order chi connectivity index (χ0) is 16.2. The Kier molecular flexibility index (Phi) is 6.98. The number of nitrogens with zero attached hydrogens (tertiary/aromatic N) is 1. The van der Waals surface area contributed by atoms with Crippen LogP contribution in [0.4, 0.5) is 4.39 Å². The van der Waals surface area contributed by atoms with Gasteiger partial charge in [-0.3, -0.25) is 4.79 Å². The lowest BCUT2D eigenvalue weighted by Crippen LogP contribution is -2.52. The molecular formula is C17H24ClFN2O3. The predicted molar refractivity (Wildman–Crippen MR) is 90.4 cm³/mol. The number of nitrogens with two attached hydrogens (primary N) is 1. The number of benzene rings is 1. The van der Waals surface area contributed by atoms with Gasteiger partial charge in [-0.1, -0.05) is 12.1 Å². The monoisotopic (exact) mass is 358 g/mol. The molecule has 2 aliphatic rings. The summed E-state index contributed by atoms with van der Waals surface area (Å²) in [5.74, 6) is -0.165. The van der Waals surface area contributed by atoms with Crippen molar-refractivity contribution in [3.8, 4) is 0 Å². The SMILES string of the molecule is Cl.NC(C(=O)N1CCOC(c2cccc(F)c2)C1)C1CCOCC1. The summed E-state index contributed by atoms with van der Waals surface area (Å²) in [7, 11) is 0. The fourth-order valence-corrected chi connectivity index (χ4v) is 3.25. The van der Waals surface area contributed by atoms with Crippen molar-refractivity contribution < 1.29 is 18.7 Å². The molecule has 0 aromatic heterocycles. The van der Waals surface area contributed by atoms with Crippen molar-refractivity contribution in [1.82, 2.24) is 4.90 Å². The zero-order valence-corrected chi connectivity index (χ0v) is 14.3. The van der Waals surface area contributed by atoms with Crippen LogP contribution in [0.5, 0.6) is 0 Å². The summed E-state index contributed by atoms with van der Waals surface area (Å²) in [6.45, 7) is 2.72. The highest BCUT2D eigenvalue weighted by Gasteiger charge is 2.33. The minimum absolute atomic E-state index is 0. The van der Waals surface area contributed by atoms with E-state index < -0.39 is 6.04 Å². The zero-order valence-electron chi connectivity index (χ0n) is 13.5. The van der Waals surface area contributed by atoms with Crippen LogP contribution in [-0.2, 0) is 14.3 Å². The number of hydrogen-bond acceptors (Lipinski definition) is 4. The molecule has 24 heavy (non-hydrogen) atoms. The van der Waals surface area contributed by atoms with Gasteiger partial charge < -0.3 is 20.1 Å². The van der Waals surface area contributed by atoms with E-state index in [9.17, 15) is 9.18 Å². The smallest absolute Gasteiger partial charge is 0.239 e. The number of rotatable bonds is 3. The second kappa shape index (κ2) is 8.76. The Morgan fingerprint density at radius 1 is 1.29 bits per heavy atom. The van der Waals surface area contributed by atoms with E-state index in [1.807, 2.05) is 6.07 Å². The van der Waals surface area contributed by atoms with Crippen LogP contribution in [0.25, 0.3) is 0 Å². The van der Waals surface area contributed by atoms with Gasteiger partial charge in [0.15, 0.2) is 0 Å². The Morgan fingerprint density at radius 2 is 2.04 bits per heavy atom. The second-order valence-corrected chi connectivity index (χ2v) is 6.17. The molecular weight excluding hydrogens is 335 g/mol. The molecule has 0 radical (unpaired) electrons. The Morgan fingerprint density at radius 3 is 2.75 bits per heavy atom. The molecule has 2 heterocycles. The predicted octanol–water partition coefficient (Wildman–Crippen LogP) is 1.90. The molecule has 0 aliphatic carbocycles. The lowest BCUT2D eigenvalue weighted by Gasteiger charge is -2.36. The van der Waals surface area contributed by atoms with Crippen molar-refractivity contribution in [3.05, 3.63) is 35.6 Å². The molecule has 2 fully saturated rings. The number of ether oxygens (including phenoxy) is 2. The Hall–Kier alpha value is -1.21. The first kappa shape index (κ1) is 19.1. The molecule has 1 aromatic rings. The lowest BCUT2D eigenvalue weighted by molar-refractivity contribution is -0.142. The van der Waals surface area contributed by atoms with Crippen molar-refractivity contribution in [3.63, 3.8) is 0 Å². The van der Waals surface area contributed by atoms with Crippen LogP contribution in [0.1, 0.15) is 24.5 Å². The van der Waals surface area contributed by atoms with Crippen molar-refractivity contribution in [1.29, 1.82) is 0 Å². The lowest BCUT2D eigenvalue weighted by atomic mass is 9.91. The summed E-state index contributed by atoms with van der Waals surface area (Å²) in [6, 6.07) is 5.83. The average molecular weight is 359 g/mol. The van der Waals surface area contributed by atoms with Crippen molar-refractivity contribution >= 4 is 18.3 Å². The molecule has 5 nitrogen and oxygen atoms in total. The van der Waals surface area contributed by atoms with Gasteiger partial charge in [-0.05, 0) is 36.5 Å². The third-order valence-corrected chi connectivity index (χ3v) is 4.66. The molecule has 2 aliphatic heterocycles. The van der Waals surface area contributed by atoms with E-state index in [1.54, 1.807) is 11.0 Å². The third kappa shape index (κ3) is 4.45. The minimum Gasteiger partial charge on any atom is -0.381 e. The van der Waals surface area contributed by atoms with Gasteiger partial charge in [-0.2, -0.15) is 0 Å². The number of carbonyl (C=O) groups excluding carboxylic acids is 1. The normalized spacial score (nSPS) is 23.4. The van der Waals surface area contributed by atoms with Gasteiger partial charge in [-0.15, -0.1) is 12.4 Å². The standard InChI is InChI=1S/C17H23FN2O3.ClH/c18-14-3-1-2-13(10-14)15-11-20(6-9-23-15)17(21)16(19)12-4-7-22-8-5-12;/h1-3,10,12,15-16H,4-9,11,19H2;1H. The molecule has 3 rings (SSSR count). The Bertz CT molecular complexity index is 554. The molecule has 7 heteroatoms. The molecule has 0 spiro atoms. The highest BCUT2D eigenvalue weighted by atomic mass is 35.5. The van der Waals surface area contributed by atoms with Crippen molar-refractivity contribution in [2.24, 2.45) is 11.7 Å². The molecule has 2 atom stereocenters. The number of morpholine rings is 1. The largest absolute Gasteiger partial charge is 0.381 e. The van der Waals surface area contributed by atoms with Gasteiger partial charge in [0.05, 0.1) is 19.2 Å². The van der Waals surface area contributed by atoms with Gasteiger partial charge >= 0.3 is 0 Å². The van der Waals surface area contributed by atoms with Gasteiger partial charge in [-0.25, -0.2) is 4.39 Å². The molecule has 134 valence electrons. The number of halogens is 2. The molecule has 2 N–H and O–H groups in total. The second-order valence-electron chi connectivity index (χ2n) is 6.17. The van der Waals surface area contributed by atoms with Crippen LogP contribution in [0.2, 0.25) is 0 Å². The maximum absolute atomic E-state index is 13.4. The van der Waals surface area contributed by atoms with E-state index in [4.69, 9.17) is 15.2 Å². The fourth-order valence-electron chi connectivity index (χ4n) is 3.25. The fraction of sp³-hybridized carbons (Fsp3) is 0.588. The minimum atomic E-state index is -0.495. The first-order chi connectivity index (χ1) is 11.1. The topological polar surface area (TPSA) is 64.8 Å². The van der Waals surface area contributed by atoms with Gasteiger partial charge in [0, 0.05) is 19.8 Å². The van der Waals surface area contributed by atoms with E-state index >= 15 is 0 Å². The summed E-state index contributed by atoms with van der Waals surface area (Å²) in [5, 5.41) is 0. The summed E-state index contributed by atoms with van der Waals surface area (Å²) in [6.07, 6.45) is 1.35. The van der Waals surface area contributed by atoms with Gasteiger partial charge in [0.1, 0.15) is 11.9 Å². The number of hydrogen-bond donors (Lipinski definition) is 1. The molecule has 1 amide bonds. The Labute approximate surface area is 147 Å². The summed E-state index contributed by atoms with van der Waals surface area (Å²) in [4.78, 5) is 14.4. The average Bonchev–Trinajstić information content (AvgIpc) is 2.61. The first-order valence-electron chi connectivity index (χ1n) is 8.14. The van der Waals surface area contributed by atoms with Gasteiger partial charge in [0.25, 0.3) is 0 Å². The Balaban J connectivity index is 0.00000208. The maximum atomic E-state index is 13.4. The molecule has 1 aromatic carbocycles. The first-order valence-corrected chi connectivity index (χ1v) is 8.14. The summed E-state index contributed by atoms with van der Waals surface area (Å²) < 4.78 is 24.4. The van der Waals surface area contributed by atoms with Crippen molar-refractivity contribution in [2.45, 2.75) is 25.0 Å². The van der Waals surface area contributed by atoms with Crippen LogP contribution in [0.15, 0.2) is 24.3 Å². The maximum Gasteiger partial charge on any atom is 0.239 e. The summed E-state index contributed by atoms with van der Waals surface area (Å²) in [5.41, 5.74) is 6.94. The van der Waals surface area contributed by atoms with Crippen LogP contribution in [-0.4, -0.2) is 49.8 Å². The van der Waals surface area contributed by atoms with E-state index in [-0.39, 0.29) is 36.2 Å². The van der Waals surface area contributed by atoms with Crippen LogP contribution in [0, 0.1) is 11.7 Å². The van der Waals surface area contributed by atoms with E-state index in [2.05, 4.69) is 0 Å². The van der Waals surface area contributed by atoms with E-state index in [0.717, 1.165) is 18.4 Å². The molecule has 0 saturated carbocycles. The molecule has 0 bridgehead atoms. The van der Waals surface area contributed by atoms with E-state index in [1.165, 1.54) is 12.1 Å². The van der Waals surface area contributed by atoms with Gasteiger partial charge in [0.2, 0.25) is 5.91 Å². The summed E-state index contributed by atoms with van der Waals surface area (Å²) >= 11 is 0. The quantitative estimate of drug-likeness (QED) is 0.896. The van der Waals surface area contributed by atoms with E-state index in [0.29, 0.717) is 32.9 Å².